The van der Waals surface area contributed by atoms with Gasteiger partial charge in [0.1, 0.15) is 0 Å². The maximum absolute atomic E-state index is 12.6. The molecule has 3 heteroatoms. The van der Waals surface area contributed by atoms with Crippen LogP contribution in [0.4, 0.5) is 0 Å². The Morgan fingerprint density at radius 2 is 2.00 bits per heavy atom. The van der Waals surface area contributed by atoms with Gasteiger partial charge in [-0.2, -0.15) is 0 Å². The number of hydrogen-bond acceptors (Lipinski definition) is 1. The molecule has 2 nitrogen and oxygen atoms in total. The number of hydrogen-bond donors (Lipinski definition) is 0. The van der Waals surface area contributed by atoms with E-state index in [1.807, 2.05) is 30.0 Å². The monoisotopic (exact) mass is 309 g/mol. The zero-order valence-corrected chi connectivity index (χ0v) is 12.8. The highest BCUT2D eigenvalue weighted by atomic mass is 79.9. The first kappa shape index (κ1) is 13.6. The van der Waals surface area contributed by atoms with Gasteiger partial charge >= 0.3 is 0 Å². The second-order valence-electron chi connectivity index (χ2n) is 5.51. The van der Waals surface area contributed by atoms with Crippen molar-refractivity contribution >= 4 is 21.8 Å². The summed E-state index contributed by atoms with van der Waals surface area (Å²) in [7, 11) is 0. The second kappa shape index (κ2) is 5.43. The molecule has 0 spiro atoms. The Morgan fingerprint density at radius 1 is 1.28 bits per heavy atom. The summed E-state index contributed by atoms with van der Waals surface area (Å²) in [5, 5.41) is 0. The lowest BCUT2D eigenvalue weighted by molar-refractivity contribution is 0.0574. The molecule has 1 aliphatic heterocycles. The van der Waals surface area contributed by atoms with Gasteiger partial charge in [0.15, 0.2) is 0 Å². The summed E-state index contributed by atoms with van der Waals surface area (Å²) in [6.07, 6.45) is 2.34. The summed E-state index contributed by atoms with van der Waals surface area (Å²) in [6, 6.07) is 6.27. The van der Waals surface area contributed by atoms with Gasteiger partial charge in [0.2, 0.25) is 0 Å². The Bertz CT molecular complexity index is 438. The van der Waals surface area contributed by atoms with Crippen LogP contribution in [-0.2, 0) is 0 Å². The number of nitrogens with zero attached hydrogens (tertiary/aromatic N) is 1. The van der Waals surface area contributed by atoms with Gasteiger partial charge < -0.3 is 4.90 Å². The van der Waals surface area contributed by atoms with E-state index in [2.05, 4.69) is 29.8 Å². The van der Waals surface area contributed by atoms with Gasteiger partial charge in [-0.05, 0) is 56.4 Å². The van der Waals surface area contributed by atoms with Crippen LogP contribution in [0.25, 0.3) is 0 Å². The molecule has 0 aromatic heterocycles. The summed E-state index contributed by atoms with van der Waals surface area (Å²) in [5.74, 6) is 0.775. The van der Waals surface area contributed by atoms with Crippen LogP contribution in [0.5, 0.6) is 0 Å². The number of carbonyl (C=O) groups excluding carboxylic acids is 1. The first-order valence-electron chi connectivity index (χ1n) is 6.55. The molecular weight excluding hydrogens is 290 g/mol. The fraction of sp³-hybridized carbons (Fsp3) is 0.533. The highest BCUT2D eigenvalue weighted by Gasteiger charge is 2.27. The van der Waals surface area contributed by atoms with Gasteiger partial charge in [-0.1, -0.05) is 22.9 Å². The largest absolute Gasteiger partial charge is 0.336 e. The van der Waals surface area contributed by atoms with Gasteiger partial charge in [-0.25, -0.2) is 0 Å². The Morgan fingerprint density at radius 3 is 2.67 bits per heavy atom. The molecule has 2 unspecified atom stereocenters. The quantitative estimate of drug-likeness (QED) is 0.767. The third-order valence-electron chi connectivity index (χ3n) is 3.67. The predicted molar refractivity (Wildman–Crippen MR) is 77.8 cm³/mol. The molecule has 2 rings (SSSR count). The van der Waals surface area contributed by atoms with E-state index < -0.39 is 0 Å². The van der Waals surface area contributed by atoms with Crippen molar-refractivity contribution in [2.45, 2.75) is 39.7 Å². The average Bonchev–Trinajstić information content (AvgIpc) is 2.30. The maximum atomic E-state index is 12.6. The molecule has 0 saturated carbocycles. The highest BCUT2D eigenvalue weighted by molar-refractivity contribution is 9.10. The zero-order valence-electron chi connectivity index (χ0n) is 11.2. The molecule has 18 heavy (non-hydrogen) atoms. The lowest BCUT2D eigenvalue weighted by atomic mass is 9.94. The zero-order chi connectivity index (χ0) is 13.3. The maximum Gasteiger partial charge on any atom is 0.254 e. The second-order valence-corrected chi connectivity index (χ2v) is 6.42. The Kier molecular flexibility index (Phi) is 4.10. The van der Waals surface area contributed by atoms with Crippen LogP contribution < -0.4 is 0 Å². The van der Waals surface area contributed by atoms with Crippen LogP contribution >= 0.6 is 15.9 Å². The van der Waals surface area contributed by atoms with E-state index >= 15 is 0 Å². The number of likely N-dealkylation sites (tertiary alicyclic amines) is 1. The van der Waals surface area contributed by atoms with Gasteiger partial charge in [0, 0.05) is 22.6 Å². The lowest BCUT2D eigenvalue weighted by Gasteiger charge is -2.37. The summed E-state index contributed by atoms with van der Waals surface area (Å²) in [6.45, 7) is 7.27. The first-order chi connectivity index (χ1) is 8.47. The topological polar surface area (TPSA) is 20.3 Å². The molecule has 1 heterocycles. The summed E-state index contributed by atoms with van der Waals surface area (Å²) >= 11 is 3.46. The molecule has 1 aliphatic rings. The number of halogens is 1. The van der Waals surface area contributed by atoms with Crippen LogP contribution in [-0.4, -0.2) is 23.4 Å². The summed E-state index contributed by atoms with van der Waals surface area (Å²) < 4.78 is 0.976. The molecule has 98 valence electrons. The average molecular weight is 310 g/mol. The lowest BCUT2D eigenvalue weighted by Crippen LogP contribution is -2.44. The molecule has 1 aromatic rings. The van der Waals surface area contributed by atoms with E-state index in [4.69, 9.17) is 0 Å². The van der Waals surface area contributed by atoms with Crippen LogP contribution in [0, 0.1) is 12.8 Å². The molecule has 0 bridgehead atoms. The number of benzene rings is 1. The van der Waals surface area contributed by atoms with Crippen LogP contribution in [0.2, 0.25) is 0 Å². The normalized spacial score (nSPS) is 24.1. The highest BCUT2D eigenvalue weighted by Crippen LogP contribution is 2.24. The van der Waals surface area contributed by atoms with Crippen molar-refractivity contribution in [1.82, 2.24) is 4.90 Å². The van der Waals surface area contributed by atoms with Gasteiger partial charge in [-0.3, -0.25) is 4.79 Å². The Balaban J connectivity index is 2.24. The van der Waals surface area contributed by atoms with Crippen LogP contribution in [0.15, 0.2) is 22.7 Å². The SMILES string of the molecule is Cc1cc(Br)cc(C(=O)N2CC(C)CCC2C)c1. The van der Waals surface area contributed by atoms with Gasteiger partial charge in [0.25, 0.3) is 5.91 Å². The molecule has 2 atom stereocenters. The predicted octanol–water partition coefficient (Wildman–Crippen LogP) is 4.02. The van der Waals surface area contributed by atoms with E-state index in [0.717, 1.165) is 28.6 Å². The Hall–Kier alpha value is -0.830. The van der Waals surface area contributed by atoms with E-state index in [0.29, 0.717) is 12.0 Å². The molecular formula is C15H20BrNO. The van der Waals surface area contributed by atoms with Crippen molar-refractivity contribution in [3.8, 4) is 0 Å². The standard InChI is InChI=1S/C15H20BrNO/c1-10-4-5-12(3)17(9-10)15(18)13-6-11(2)7-14(16)8-13/h6-8,10,12H,4-5,9H2,1-3H3. The molecule has 1 aromatic carbocycles. The molecule has 1 amide bonds. The van der Waals surface area contributed by atoms with E-state index in [-0.39, 0.29) is 5.91 Å². The summed E-state index contributed by atoms with van der Waals surface area (Å²) in [5.41, 5.74) is 1.91. The molecule has 0 radical (unpaired) electrons. The minimum absolute atomic E-state index is 0.165. The minimum Gasteiger partial charge on any atom is -0.336 e. The van der Waals surface area contributed by atoms with E-state index in [1.165, 1.54) is 6.42 Å². The third kappa shape index (κ3) is 2.94. The van der Waals surface area contributed by atoms with Crippen molar-refractivity contribution in [3.05, 3.63) is 33.8 Å². The first-order valence-corrected chi connectivity index (χ1v) is 7.35. The Labute approximate surface area is 117 Å². The van der Waals surface area contributed by atoms with Crippen molar-refractivity contribution in [3.63, 3.8) is 0 Å². The van der Waals surface area contributed by atoms with Gasteiger partial charge in [-0.15, -0.1) is 0 Å². The fourth-order valence-electron chi connectivity index (χ4n) is 2.60. The molecule has 0 N–H and O–H groups in total. The minimum atomic E-state index is 0.165. The van der Waals surface area contributed by atoms with Crippen molar-refractivity contribution in [2.24, 2.45) is 5.92 Å². The molecule has 1 fully saturated rings. The van der Waals surface area contributed by atoms with Gasteiger partial charge in [0.05, 0.1) is 0 Å². The van der Waals surface area contributed by atoms with Crippen molar-refractivity contribution in [2.75, 3.05) is 6.54 Å². The van der Waals surface area contributed by atoms with Crippen molar-refractivity contribution < 1.29 is 4.79 Å². The smallest absolute Gasteiger partial charge is 0.254 e. The number of aryl methyl sites for hydroxylation is 1. The fourth-order valence-corrected chi connectivity index (χ4v) is 3.20. The van der Waals surface area contributed by atoms with E-state index in [1.54, 1.807) is 0 Å². The number of carbonyl (C=O) groups is 1. The number of amides is 1. The van der Waals surface area contributed by atoms with Crippen LogP contribution in [0.3, 0.4) is 0 Å². The number of rotatable bonds is 1. The number of piperidine rings is 1. The van der Waals surface area contributed by atoms with Crippen molar-refractivity contribution in [1.29, 1.82) is 0 Å². The summed E-state index contributed by atoms with van der Waals surface area (Å²) in [4.78, 5) is 14.6. The molecule has 0 aliphatic carbocycles. The van der Waals surface area contributed by atoms with Crippen LogP contribution in [0.1, 0.15) is 42.6 Å². The molecule has 1 saturated heterocycles. The van der Waals surface area contributed by atoms with E-state index in [9.17, 15) is 4.79 Å². The third-order valence-corrected chi connectivity index (χ3v) is 4.13.